The van der Waals surface area contributed by atoms with Crippen LogP contribution in [-0.4, -0.2) is 24.0 Å². The highest BCUT2D eigenvalue weighted by Gasteiger charge is 2.42. The van der Waals surface area contributed by atoms with Gasteiger partial charge in [0.2, 0.25) is 0 Å². The molecule has 0 aliphatic heterocycles. The molecule has 1 aromatic carbocycles. The molecule has 2 rings (SSSR count). The van der Waals surface area contributed by atoms with Gasteiger partial charge in [-0.3, -0.25) is 9.59 Å². The third-order valence-electron chi connectivity index (χ3n) is 4.32. The van der Waals surface area contributed by atoms with E-state index >= 15 is 0 Å². The number of hydrogen-bond donors (Lipinski definition) is 1. The maximum atomic E-state index is 12.8. The van der Waals surface area contributed by atoms with E-state index in [0.717, 1.165) is 9.99 Å². The summed E-state index contributed by atoms with van der Waals surface area (Å²) in [4.78, 5) is 24.3. The summed E-state index contributed by atoms with van der Waals surface area (Å²) in [5, 5.41) is 9.39. The van der Waals surface area contributed by atoms with Crippen molar-refractivity contribution in [3.8, 4) is 5.75 Å². The van der Waals surface area contributed by atoms with Crippen LogP contribution in [0.15, 0.2) is 18.2 Å². The lowest BCUT2D eigenvalue weighted by atomic mass is 9.88. The highest BCUT2D eigenvalue weighted by molar-refractivity contribution is 14.1. The summed E-state index contributed by atoms with van der Waals surface area (Å²) >= 11 is 2.14. The predicted molar refractivity (Wildman–Crippen MR) is 87.7 cm³/mol. The Balaban J connectivity index is 2.34. The normalized spacial score (nSPS) is 24.8. The number of aliphatic carboxylic acids is 1. The molecule has 0 amide bonds. The maximum Gasteiger partial charge on any atom is 0.307 e. The molecule has 0 heterocycles. The molecular weight excluding hydrogens is 383 g/mol. The van der Waals surface area contributed by atoms with Crippen molar-refractivity contribution >= 4 is 34.3 Å². The Morgan fingerprint density at radius 1 is 1.33 bits per heavy atom. The number of methoxy groups -OCH3 is 1. The van der Waals surface area contributed by atoms with E-state index in [4.69, 9.17) is 4.74 Å². The van der Waals surface area contributed by atoms with Crippen LogP contribution >= 0.6 is 22.6 Å². The topological polar surface area (TPSA) is 63.6 Å². The van der Waals surface area contributed by atoms with E-state index < -0.39 is 17.8 Å². The Bertz CT molecular complexity index is 555. The number of rotatable bonds is 5. The number of halogens is 1. The summed E-state index contributed by atoms with van der Waals surface area (Å²) in [6.45, 7) is 2.04. The summed E-state index contributed by atoms with van der Waals surface area (Å²) < 4.78 is 6.20. The number of Topliss-reactive ketones (excluding diaryl/α,β-unsaturated/α-hetero) is 1. The van der Waals surface area contributed by atoms with Gasteiger partial charge in [-0.15, -0.1) is 0 Å². The standard InChI is InChI=1S/C16H19IO4/c1-3-9-6-11(12(7-9)16(19)20)15(18)13-8-10(17)4-5-14(13)21-2/h4-5,8-9,11-12H,3,6-7H2,1-2H3,(H,19,20). The zero-order valence-corrected chi connectivity index (χ0v) is 14.3. The monoisotopic (exact) mass is 402 g/mol. The average Bonchev–Trinajstić information content (AvgIpc) is 2.91. The van der Waals surface area contributed by atoms with Crippen molar-refractivity contribution in [2.75, 3.05) is 7.11 Å². The van der Waals surface area contributed by atoms with E-state index in [1.54, 1.807) is 12.1 Å². The lowest BCUT2D eigenvalue weighted by Gasteiger charge is -2.16. The lowest BCUT2D eigenvalue weighted by molar-refractivity contribution is -0.142. The van der Waals surface area contributed by atoms with Crippen molar-refractivity contribution in [1.82, 2.24) is 0 Å². The second-order valence-corrected chi connectivity index (χ2v) is 6.75. The molecule has 5 heteroatoms. The van der Waals surface area contributed by atoms with Gasteiger partial charge in [0.05, 0.1) is 18.6 Å². The SMILES string of the molecule is CCC1CC(C(=O)O)C(C(=O)c2cc(I)ccc2OC)C1. The first-order valence-electron chi connectivity index (χ1n) is 7.08. The molecule has 3 atom stereocenters. The highest BCUT2D eigenvalue weighted by atomic mass is 127. The fraction of sp³-hybridized carbons (Fsp3) is 0.500. The van der Waals surface area contributed by atoms with Crippen LogP contribution < -0.4 is 4.74 Å². The van der Waals surface area contributed by atoms with Gasteiger partial charge in [-0.1, -0.05) is 13.3 Å². The number of carboxylic acids is 1. The fourth-order valence-electron chi connectivity index (χ4n) is 3.11. The molecule has 21 heavy (non-hydrogen) atoms. The highest BCUT2D eigenvalue weighted by Crippen LogP contribution is 2.41. The lowest BCUT2D eigenvalue weighted by Crippen LogP contribution is -2.25. The van der Waals surface area contributed by atoms with Gasteiger partial charge >= 0.3 is 5.97 Å². The minimum atomic E-state index is -0.867. The van der Waals surface area contributed by atoms with Gasteiger partial charge in [0.15, 0.2) is 5.78 Å². The Labute approximate surface area is 138 Å². The van der Waals surface area contributed by atoms with E-state index in [1.807, 2.05) is 13.0 Å². The summed E-state index contributed by atoms with van der Waals surface area (Å²) in [6.07, 6.45) is 2.16. The van der Waals surface area contributed by atoms with Crippen molar-refractivity contribution in [3.05, 3.63) is 27.3 Å². The van der Waals surface area contributed by atoms with E-state index in [9.17, 15) is 14.7 Å². The molecule has 3 unspecified atom stereocenters. The first-order valence-corrected chi connectivity index (χ1v) is 8.16. The molecule has 0 aromatic heterocycles. The second-order valence-electron chi connectivity index (χ2n) is 5.51. The molecule has 0 bridgehead atoms. The van der Waals surface area contributed by atoms with Crippen molar-refractivity contribution in [1.29, 1.82) is 0 Å². The molecule has 0 spiro atoms. The number of hydrogen-bond acceptors (Lipinski definition) is 3. The number of carboxylic acid groups (broad SMARTS) is 1. The molecule has 114 valence electrons. The molecule has 1 aromatic rings. The smallest absolute Gasteiger partial charge is 0.307 e. The van der Waals surface area contributed by atoms with Gasteiger partial charge < -0.3 is 9.84 Å². The zero-order valence-electron chi connectivity index (χ0n) is 12.1. The van der Waals surface area contributed by atoms with Crippen molar-refractivity contribution in [2.24, 2.45) is 17.8 Å². The number of ether oxygens (including phenoxy) is 1. The molecule has 1 N–H and O–H groups in total. The molecule has 1 fully saturated rings. The number of benzene rings is 1. The van der Waals surface area contributed by atoms with E-state index in [0.29, 0.717) is 30.1 Å². The Hall–Kier alpha value is -1.11. The molecule has 0 saturated heterocycles. The first-order chi connectivity index (χ1) is 9.97. The molecule has 1 saturated carbocycles. The summed E-state index contributed by atoms with van der Waals surface area (Å²) in [5.41, 5.74) is 0.498. The van der Waals surface area contributed by atoms with Gasteiger partial charge in [-0.2, -0.15) is 0 Å². The summed E-state index contributed by atoms with van der Waals surface area (Å²) in [7, 11) is 1.52. The molecule has 1 aliphatic rings. The Kier molecular flexibility index (Phi) is 5.24. The van der Waals surface area contributed by atoms with Gasteiger partial charge in [0.1, 0.15) is 5.75 Å². The van der Waals surface area contributed by atoms with Gasteiger partial charge in [-0.25, -0.2) is 0 Å². The van der Waals surface area contributed by atoms with E-state index in [1.165, 1.54) is 7.11 Å². The molecule has 0 radical (unpaired) electrons. The third-order valence-corrected chi connectivity index (χ3v) is 4.99. The molecular formula is C16H19IO4. The minimum absolute atomic E-state index is 0.103. The van der Waals surface area contributed by atoms with Crippen LogP contribution in [0.3, 0.4) is 0 Å². The van der Waals surface area contributed by atoms with Gasteiger partial charge in [0, 0.05) is 9.49 Å². The maximum absolute atomic E-state index is 12.8. The van der Waals surface area contributed by atoms with Crippen LogP contribution in [0, 0.1) is 21.3 Å². The minimum Gasteiger partial charge on any atom is -0.496 e. The van der Waals surface area contributed by atoms with Crippen molar-refractivity contribution in [2.45, 2.75) is 26.2 Å². The van der Waals surface area contributed by atoms with Crippen molar-refractivity contribution in [3.63, 3.8) is 0 Å². The number of carbonyl (C=O) groups excluding carboxylic acids is 1. The largest absolute Gasteiger partial charge is 0.496 e. The average molecular weight is 402 g/mol. The number of carbonyl (C=O) groups is 2. The van der Waals surface area contributed by atoms with Crippen LogP contribution in [0.4, 0.5) is 0 Å². The Morgan fingerprint density at radius 2 is 2.00 bits per heavy atom. The molecule has 1 aliphatic carbocycles. The van der Waals surface area contributed by atoms with Crippen LogP contribution in [0.25, 0.3) is 0 Å². The molecule has 4 nitrogen and oxygen atoms in total. The van der Waals surface area contributed by atoms with E-state index in [-0.39, 0.29) is 5.78 Å². The summed E-state index contributed by atoms with van der Waals surface area (Å²) in [6, 6.07) is 5.41. The fourth-order valence-corrected chi connectivity index (χ4v) is 3.60. The summed E-state index contributed by atoms with van der Waals surface area (Å²) in [5.74, 6) is -1.16. The van der Waals surface area contributed by atoms with Crippen molar-refractivity contribution < 1.29 is 19.4 Å². The van der Waals surface area contributed by atoms with Crippen LogP contribution in [0.1, 0.15) is 36.5 Å². The van der Waals surface area contributed by atoms with E-state index in [2.05, 4.69) is 22.6 Å². The zero-order chi connectivity index (χ0) is 15.6. The van der Waals surface area contributed by atoms with Gasteiger partial charge in [-0.05, 0) is 59.5 Å². The van der Waals surface area contributed by atoms with Crippen LogP contribution in [0.2, 0.25) is 0 Å². The number of ketones is 1. The Morgan fingerprint density at radius 3 is 2.57 bits per heavy atom. The second kappa shape index (κ2) is 6.77. The quantitative estimate of drug-likeness (QED) is 0.604. The predicted octanol–water partition coefficient (Wildman–Crippen LogP) is 3.62. The van der Waals surface area contributed by atoms with Crippen LogP contribution in [-0.2, 0) is 4.79 Å². The first kappa shape index (κ1) is 16.3. The van der Waals surface area contributed by atoms with Crippen LogP contribution in [0.5, 0.6) is 5.75 Å². The van der Waals surface area contributed by atoms with Gasteiger partial charge in [0.25, 0.3) is 0 Å². The third kappa shape index (κ3) is 3.39.